The molecule has 0 spiro atoms. The van der Waals surface area contributed by atoms with Crippen molar-refractivity contribution < 1.29 is 0 Å². The predicted molar refractivity (Wildman–Crippen MR) is 54.0 cm³/mol. The standard InChI is InChI=1S/C8H20Si2/c1-8-9(2,3)6-7-10(8,4)5/h8H,6-7H2,1-5H3. The van der Waals surface area contributed by atoms with Gasteiger partial charge < -0.3 is 0 Å². The molecule has 60 valence electrons. The molecular weight excluding hydrogens is 152 g/mol. The third kappa shape index (κ3) is 1.23. The average Bonchev–Trinajstić information content (AvgIpc) is 1.95. The van der Waals surface area contributed by atoms with Gasteiger partial charge in [-0.15, -0.1) is 0 Å². The first-order valence-electron chi connectivity index (χ1n) is 4.36. The van der Waals surface area contributed by atoms with E-state index in [4.69, 9.17) is 0 Å². The molecule has 2 heteroatoms. The molecule has 0 aromatic carbocycles. The SMILES string of the molecule is CC1[Si](C)(C)CC[Si]1(C)C. The highest BCUT2D eigenvalue weighted by molar-refractivity contribution is 7.01. The second-order valence-electron chi connectivity index (χ2n) is 5.20. The Labute approximate surface area is 67.0 Å². The van der Waals surface area contributed by atoms with E-state index >= 15 is 0 Å². The van der Waals surface area contributed by atoms with E-state index in [1.807, 2.05) is 0 Å². The van der Waals surface area contributed by atoms with Crippen LogP contribution in [-0.4, -0.2) is 16.1 Å². The first kappa shape index (κ1) is 8.53. The smallest absolute Gasteiger partial charge is 0.0473 e. The van der Waals surface area contributed by atoms with Crippen molar-refractivity contribution in [3.8, 4) is 0 Å². The molecule has 0 aromatic rings. The molecular formula is C8H20Si2. The van der Waals surface area contributed by atoms with Crippen LogP contribution >= 0.6 is 0 Å². The van der Waals surface area contributed by atoms with Crippen LogP contribution in [0.2, 0.25) is 43.4 Å². The molecule has 0 radical (unpaired) electrons. The summed E-state index contributed by atoms with van der Waals surface area (Å²) in [7, 11) is -1.43. The third-order valence-electron chi connectivity index (χ3n) is 3.76. The van der Waals surface area contributed by atoms with Gasteiger partial charge in [-0.2, -0.15) is 0 Å². The van der Waals surface area contributed by atoms with Crippen LogP contribution in [0.1, 0.15) is 6.92 Å². The van der Waals surface area contributed by atoms with Gasteiger partial charge in [0.25, 0.3) is 0 Å². The number of hydrogen-bond donors (Lipinski definition) is 0. The van der Waals surface area contributed by atoms with Crippen molar-refractivity contribution in [2.75, 3.05) is 0 Å². The van der Waals surface area contributed by atoms with E-state index in [-0.39, 0.29) is 0 Å². The van der Waals surface area contributed by atoms with Gasteiger partial charge in [-0.05, 0) is 0 Å². The summed E-state index contributed by atoms with van der Waals surface area (Å²) in [5.41, 5.74) is 0. The van der Waals surface area contributed by atoms with Crippen LogP contribution in [0.3, 0.4) is 0 Å². The molecule has 1 fully saturated rings. The van der Waals surface area contributed by atoms with Gasteiger partial charge in [0.05, 0.1) is 0 Å². The van der Waals surface area contributed by atoms with Gasteiger partial charge in [-0.25, -0.2) is 0 Å². The van der Waals surface area contributed by atoms with E-state index in [9.17, 15) is 0 Å². The normalized spacial score (nSPS) is 30.9. The highest BCUT2D eigenvalue weighted by Gasteiger charge is 2.46. The number of hydrogen-bond acceptors (Lipinski definition) is 0. The lowest BCUT2D eigenvalue weighted by atomic mass is 10.9. The zero-order chi connectivity index (χ0) is 7.99. The van der Waals surface area contributed by atoms with E-state index in [0.717, 1.165) is 5.16 Å². The van der Waals surface area contributed by atoms with Gasteiger partial charge in [0.1, 0.15) is 0 Å². The maximum Gasteiger partial charge on any atom is 0.0473 e. The van der Waals surface area contributed by atoms with E-state index in [0.29, 0.717) is 0 Å². The molecule has 1 aliphatic rings. The molecule has 0 nitrogen and oxygen atoms in total. The highest BCUT2D eigenvalue weighted by atomic mass is 28.4. The summed E-state index contributed by atoms with van der Waals surface area (Å²) in [6, 6.07) is 3.21. The van der Waals surface area contributed by atoms with Gasteiger partial charge in [-0.3, -0.25) is 0 Å². The molecule has 0 unspecified atom stereocenters. The second kappa shape index (κ2) is 2.21. The molecule has 0 aliphatic carbocycles. The molecule has 0 saturated carbocycles. The minimum Gasteiger partial charge on any atom is -0.0694 e. The van der Waals surface area contributed by atoms with E-state index in [1.54, 1.807) is 12.1 Å². The van der Waals surface area contributed by atoms with Crippen LogP contribution < -0.4 is 0 Å². The fraction of sp³-hybridized carbons (Fsp3) is 1.00. The van der Waals surface area contributed by atoms with Crippen molar-refractivity contribution >= 4 is 16.1 Å². The van der Waals surface area contributed by atoms with Crippen LogP contribution in [-0.2, 0) is 0 Å². The fourth-order valence-corrected chi connectivity index (χ4v) is 17.5. The Hall–Kier alpha value is 0.434. The summed E-state index contributed by atoms with van der Waals surface area (Å²) < 4.78 is 0. The Morgan fingerprint density at radius 1 is 0.900 bits per heavy atom. The Morgan fingerprint density at radius 2 is 1.20 bits per heavy atom. The minimum atomic E-state index is -0.717. The van der Waals surface area contributed by atoms with Crippen molar-refractivity contribution in [2.45, 2.75) is 50.4 Å². The van der Waals surface area contributed by atoms with Gasteiger partial charge in [0.15, 0.2) is 0 Å². The topological polar surface area (TPSA) is 0 Å². The van der Waals surface area contributed by atoms with Crippen molar-refractivity contribution in [2.24, 2.45) is 0 Å². The quantitative estimate of drug-likeness (QED) is 0.492. The first-order chi connectivity index (χ1) is 4.36. The van der Waals surface area contributed by atoms with Crippen molar-refractivity contribution in [3.63, 3.8) is 0 Å². The van der Waals surface area contributed by atoms with E-state index in [1.165, 1.54) is 0 Å². The Kier molecular flexibility index (Phi) is 1.88. The monoisotopic (exact) mass is 172 g/mol. The van der Waals surface area contributed by atoms with Crippen LogP contribution in [0.4, 0.5) is 0 Å². The molecule has 0 N–H and O–H groups in total. The molecule has 1 heterocycles. The van der Waals surface area contributed by atoms with Crippen molar-refractivity contribution in [1.29, 1.82) is 0 Å². The van der Waals surface area contributed by atoms with E-state index < -0.39 is 16.1 Å². The molecule has 1 rings (SSSR count). The summed E-state index contributed by atoms with van der Waals surface area (Å²) in [4.78, 5) is 0. The molecule has 0 bridgehead atoms. The van der Waals surface area contributed by atoms with Gasteiger partial charge >= 0.3 is 0 Å². The maximum absolute atomic E-state index is 2.57. The van der Waals surface area contributed by atoms with Crippen molar-refractivity contribution in [1.82, 2.24) is 0 Å². The molecule has 1 saturated heterocycles. The van der Waals surface area contributed by atoms with Gasteiger partial charge in [0, 0.05) is 16.1 Å². The molecule has 0 aromatic heterocycles. The molecule has 0 atom stereocenters. The van der Waals surface area contributed by atoms with Crippen LogP contribution in [0.5, 0.6) is 0 Å². The predicted octanol–water partition coefficient (Wildman–Crippen LogP) is 3.35. The molecule has 1 aliphatic heterocycles. The Bertz CT molecular complexity index is 122. The number of rotatable bonds is 0. The largest absolute Gasteiger partial charge is 0.0694 e. The second-order valence-corrected chi connectivity index (χ2v) is 16.5. The van der Waals surface area contributed by atoms with Crippen LogP contribution in [0.15, 0.2) is 0 Å². The van der Waals surface area contributed by atoms with Gasteiger partial charge in [0.2, 0.25) is 0 Å². The Balaban J connectivity index is 2.77. The zero-order valence-corrected chi connectivity index (χ0v) is 9.99. The minimum absolute atomic E-state index is 0.717. The Morgan fingerprint density at radius 3 is 1.30 bits per heavy atom. The average molecular weight is 172 g/mol. The van der Waals surface area contributed by atoms with Gasteiger partial charge in [-0.1, -0.05) is 50.4 Å². The molecule has 0 amide bonds. The van der Waals surface area contributed by atoms with Crippen LogP contribution in [0.25, 0.3) is 0 Å². The summed E-state index contributed by atoms with van der Waals surface area (Å²) >= 11 is 0. The van der Waals surface area contributed by atoms with E-state index in [2.05, 4.69) is 33.1 Å². The fourth-order valence-electron chi connectivity index (χ4n) is 2.14. The zero-order valence-electron chi connectivity index (χ0n) is 7.99. The summed E-state index contributed by atoms with van der Waals surface area (Å²) in [5.74, 6) is 0. The lowest BCUT2D eigenvalue weighted by Crippen LogP contribution is -2.36. The van der Waals surface area contributed by atoms with Crippen LogP contribution in [0, 0.1) is 0 Å². The lowest BCUT2D eigenvalue weighted by Gasteiger charge is -2.28. The highest BCUT2D eigenvalue weighted by Crippen LogP contribution is 2.45. The van der Waals surface area contributed by atoms with Crippen molar-refractivity contribution in [3.05, 3.63) is 0 Å². The third-order valence-corrected chi connectivity index (χ3v) is 16.7. The maximum atomic E-state index is 2.57. The summed E-state index contributed by atoms with van der Waals surface area (Å²) in [5, 5.41) is 1.15. The summed E-state index contributed by atoms with van der Waals surface area (Å²) in [6.45, 7) is 12.8. The first-order valence-corrected chi connectivity index (χ1v) is 10.9. The molecule has 10 heavy (non-hydrogen) atoms. The lowest BCUT2D eigenvalue weighted by molar-refractivity contribution is 1.21. The summed E-state index contributed by atoms with van der Waals surface area (Å²) in [6.07, 6.45) is 0.